The molecule has 0 radical (unpaired) electrons. The summed E-state index contributed by atoms with van der Waals surface area (Å²) >= 11 is 1.78. The summed E-state index contributed by atoms with van der Waals surface area (Å²) in [7, 11) is -3.44. The molecule has 1 rings (SSSR count). The van der Waals surface area contributed by atoms with Gasteiger partial charge in [0.2, 0.25) is 10.0 Å². The third kappa shape index (κ3) is 2.47. The predicted molar refractivity (Wildman–Crippen MR) is 62.1 cm³/mol. The fraction of sp³-hybridized carbons (Fsp3) is 0.889. The Morgan fingerprint density at radius 1 is 1.53 bits per heavy atom. The highest BCUT2D eigenvalue weighted by molar-refractivity contribution is 8.00. The second kappa shape index (κ2) is 4.73. The van der Waals surface area contributed by atoms with Gasteiger partial charge in [-0.3, -0.25) is 0 Å². The summed E-state index contributed by atoms with van der Waals surface area (Å²) in [6.07, 6.45) is 0. The van der Waals surface area contributed by atoms with Crippen molar-refractivity contribution in [3.05, 3.63) is 0 Å². The van der Waals surface area contributed by atoms with E-state index in [1.165, 1.54) is 11.2 Å². The minimum Gasteiger partial charge on any atom is -0.211 e. The first kappa shape index (κ1) is 12.8. The zero-order valence-corrected chi connectivity index (χ0v) is 10.8. The SMILES string of the molecule is CC1SCCN(S(=O)(=O)C(C)C#N)C1C. The van der Waals surface area contributed by atoms with Gasteiger partial charge in [-0.15, -0.1) is 0 Å². The zero-order chi connectivity index (χ0) is 11.6. The topological polar surface area (TPSA) is 61.2 Å². The Hall–Kier alpha value is -0.250. The quantitative estimate of drug-likeness (QED) is 0.733. The van der Waals surface area contributed by atoms with E-state index in [0.717, 1.165) is 5.75 Å². The minimum atomic E-state index is -3.44. The first-order chi connectivity index (χ1) is 6.91. The summed E-state index contributed by atoms with van der Waals surface area (Å²) in [5.41, 5.74) is 0. The van der Waals surface area contributed by atoms with Crippen molar-refractivity contribution in [2.75, 3.05) is 12.3 Å². The maximum absolute atomic E-state index is 12.0. The molecule has 3 unspecified atom stereocenters. The van der Waals surface area contributed by atoms with Gasteiger partial charge in [0.05, 0.1) is 6.07 Å². The maximum atomic E-state index is 12.0. The number of thioether (sulfide) groups is 1. The fourth-order valence-electron chi connectivity index (χ4n) is 1.53. The van der Waals surface area contributed by atoms with E-state index in [-0.39, 0.29) is 6.04 Å². The smallest absolute Gasteiger partial charge is 0.211 e. The maximum Gasteiger partial charge on any atom is 0.230 e. The summed E-state index contributed by atoms with van der Waals surface area (Å²) in [4.78, 5) is 0. The van der Waals surface area contributed by atoms with Crippen LogP contribution in [0, 0.1) is 11.3 Å². The number of hydrogen-bond donors (Lipinski definition) is 0. The Morgan fingerprint density at radius 3 is 2.67 bits per heavy atom. The van der Waals surface area contributed by atoms with Crippen LogP contribution in [0.1, 0.15) is 20.8 Å². The van der Waals surface area contributed by atoms with Crippen molar-refractivity contribution < 1.29 is 8.42 Å². The summed E-state index contributed by atoms with van der Waals surface area (Å²) in [6, 6.07) is 1.78. The van der Waals surface area contributed by atoms with Gasteiger partial charge in [-0.05, 0) is 13.8 Å². The summed E-state index contributed by atoms with van der Waals surface area (Å²) in [5.74, 6) is 0.808. The van der Waals surface area contributed by atoms with E-state index in [4.69, 9.17) is 5.26 Å². The summed E-state index contributed by atoms with van der Waals surface area (Å²) < 4.78 is 25.4. The molecule has 0 bridgehead atoms. The van der Waals surface area contributed by atoms with E-state index in [1.54, 1.807) is 17.8 Å². The van der Waals surface area contributed by atoms with Crippen LogP contribution in [-0.2, 0) is 10.0 Å². The highest BCUT2D eigenvalue weighted by Gasteiger charge is 2.36. The molecule has 6 heteroatoms. The Balaban J connectivity index is 2.93. The molecule has 0 aromatic heterocycles. The third-order valence-electron chi connectivity index (χ3n) is 2.78. The number of sulfonamides is 1. The number of nitrogens with zero attached hydrogens (tertiary/aromatic N) is 2. The molecular formula is C9H16N2O2S2. The van der Waals surface area contributed by atoms with Crippen LogP contribution in [0.15, 0.2) is 0 Å². The molecule has 15 heavy (non-hydrogen) atoms. The highest BCUT2D eigenvalue weighted by atomic mass is 32.2. The third-order valence-corrected chi connectivity index (χ3v) is 6.29. The van der Waals surface area contributed by atoms with E-state index < -0.39 is 15.3 Å². The fourth-order valence-corrected chi connectivity index (χ4v) is 4.36. The standard InChI is InChI=1S/C9H16N2O2S2/c1-7(6-10)15(12,13)11-4-5-14-9(3)8(11)2/h7-9H,4-5H2,1-3H3. The molecule has 0 spiro atoms. The van der Waals surface area contributed by atoms with Gasteiger partial charge in [0, 0.05) is 23.6 Å². The van der Waals surface area contributed by atoms with Gasteiger partial charge in [-0.2, -0.15) is 21.3 Å². The van der Waals surface area contributed by atoms with Crippen molar-refractivity contribution in [1.29, 1.82) is 5.26 Å². The van der Waals surface area contributed by atoms with Crippen LogP contribution in [0.5, 0.6) is 0 Å². The first-order valence-corrected chi connectivity index (χ1v) is 7.48. The molecular weight excluding hydrogens is 232 g/mol. The molecule has 1 saturated heterocycles. The Labute approximate surface area is 95.7 Å². The molecule has 1 heterocycles. The lowest BCUT2D eigenvalue weighted by molar-refractivity contribution is 0.338. The molecule has 3 atom stereocenters. The lowest BCUT2D eigenvalue weighted by Gasteiger charge is -2.36. The second-order valence-electron chi connectivity index (χ2n) is 3.74. The van der Waals surface area contributed by atoms with Gasteiger partial charge in [-0.25, -0.2) is 8.42 Å². The van der Waals surface area contributed by atoms with E-state index in [2.05, 4.69) is 0 Å². The normalized spacial score (nSPS) is 30.8. The minimum absolute atomic E-state index is 0.0236. The van der Waals surface area contributed by atoms with E-state index >= 15 is 0 Å². The molecule has 0 aromatic rings. The molecule has 86 valence electrons. The van der Waals surface area contributed by atoms with Gasteiger partial charge < -0.3 is 0 Å². The van der Waals surface area contributed by atoms with Crippen molar-refractivity contribution >= 4 is 21.8 Å². The first-order valence-electron chi connectivity index (χ1n) is 4.93. The molecule has 0 amide bonds. The van der Waals surface area contributed by atoms with Gasteiger partial charge in [0.1, 0.15) is 0 Å². The molecule has 1 fully saturated rings. The molecule has 0 N–H and O–H groups in total. The Kier molecular flexibility index (Phi) is 4.04. The summed E-state index contributed by atoms with van der Waals surface area (Å²) in [6.45, 7) is 5.88. The number of nitriles is 1. The highest BCUT2D eigenvalue weighted by Crippen LogP contribution is 2.27. The van der Waals surface area contributed by atoms with Crippen LogP contribution >= 0.6 is 11.8 Å². The van der Waals surface area contributed by atoms with Crippen LogP contribution in [0.4, 0.5) is 0 Å². The molecule has 1 aliphatic heterocycles. The Bertz CT molecular complexity index is 361. The van der Waals surface area contributed by atoms with Crippen molar-refractivity contribution in [1.82, 2.24) is 4.31 Å². The lowest BCUT2D eigenvalue weighted by Crippen LogP contribution is -2.50. The average Bonchev–Trinajstić information content (AvgIpc) is 2.20. The van der Waals surface area contributed by atoms with Crippen LogP contribution in [0.25, 0.3) is 0 Å². The van der Waals surface area contributed by atoms with Gasteiger partial charge >= 0.3 is 0 Å². The summed E-state index contributed by atoms with van der Waals surface area (Å²) in [5, 5.41) is 8.03. The van der Waals surface area contributed by atoms with E-state index in [9.17, 15) is 8.42 Å². The van der Waals surface area contributed by atoms with Crippen molar-refractivity contribution in [3.63, 3.8) is 0 Å². The number of rotatable bonds is 2. The van der Waals surface area contributed by atoms with Crippen LogP contribution in [-0.4, -0.2) is 41.6 Å². The predicted octanol–water partition coefficient (Wildman–Crippen LogP) is 1.05. The molecule has 0 aliphatic carbocycles. The van der Waals surface area contributed by atoms with Crippen LogP contribution in [0.3, 0.4) is 0 Å². The van der Waals surface area contributed by atoms with Gasteiger partial charge in [0.25, 0.3) is 0 Å². The van der Waals surface area contributed by atoms with Crippen molar-refractivity contribution in [2.45, 2.75) is 37.3 Å². The lowest BCUT2D eigenvalue weighted by atomic mass is 10.2. The monoisotopic (exact) mass is 248 g/mol. The molecule has 0 aromatic carbocycles. The average molecular weight is 248 g/mol. The van der Waals surface area contributed by atoms with Crippen molar-refractivity contribution in [2.24, 2.45) is 0 Å². The van der Waals surface area contributed by atoms with Gasteiger partial charge in [0.15, 0.2) is 5.25 Å². The van der Waals surface area contributed by atoms with Gasteiger partial charge in [-0.1, -0.05) is 6.92 Å². The van der Waals surface area contributed by atoms with E-state index in [0.29, 0.717) is 11.8 Å². The Morgan fingerprint density at radius 2 is 2.13 bits per heavy atom. The molecule has 0 saturated carbocycles. The zero-order valence-electron chi connectivity index (χ0n) is 9.17. The molecule has 4 nitrogen and oxygen atoms in total. The number of hydrogen-bond acceptors (Lipinski definition) is 4. The molecule has 1 aliphatic rings. The van der Waals surface area contributed by atoms with Crippen molar-refractivity contribution in [3.8, 4) is 6.07 Å². The van der Waals surface area contributed by atoms with E-state index in [1.807, 2.05) is 13.8 Å². The largest absolute Gasteiger partial charge is 0.230 e. The van der Waals surface area contributed by atoms with Crippen LogP contribution < -0.4 is 0 Å². The van der Waals surface area contributed by atoms with Crippen LogP contribution in [0.2, 0.25) is 0 Å². The second-order valence-corrected chi connectivity index (χ2v) is 7.43.